The van der Waals surface area contributed by atoms with E-state index in [2.05, 4.69) is 0 Å². The summed E-state index contributed by atoms with van der Waals surface area (Å²) in [6.07, 6.45) is -1.26. The van der Waals surface area contributed by atoms with Crippen LogP contribution in [0.25, 0.3) is 0 Å². The van der Waals surface area contributed by atoms with Gasteiger partial charge in [-0.3, -0.25) is 0 Å². The Hall–Kier alpha value is -0.0951. The number of ether oxygens (including phenoxy) is 2. The van der Waals surface area contributed by atoms with Crippen molar-refractivity contribution in [3.8, 4) is 0 Å². The minimum atomic E-state index is -0.954. The topological polar surface area (TPSA) is 58.9 Å². The lowest BCUT2D eigenvalue weighted by atomic mass is 9.92. The van der Waals surface area contributed by atoms with Crippen LogP contribution in [0.1, 0.15) is 0 Å². The molecule has 11 heavy (non-hydrogen) atoms. The summed E-state index contributed by atoms with van der Waals surface area (Å²) < 4.78 is 10.3. The maximum absolute atomic E-state index is 9.46. The first kappa shape index (κ1) is 7.55. The maximum atomic E-state index is 9.46. The fraction of sp³-hybridized carbons (Fsp3) is 1.00. The van der Waals surface area contributed by atoms with Crippen LogP contribution in [0.15, 0.2) is 0 Å². The van der Waals surface area contributed by atoms with E-state index in [-0.39, 0.29) is 13.2 Å². The molecule has 2 heterocycles. The van der Waals surface area contributed by atoms with Crippen molar-refractivity contribution in [1.29, 1.82) is 0 Å². The van der Waals surface area contributed by atoms with Crippen molar-refractivity contribution >= 4 is 7.85 Å². The molecule has 2 N–H and O–H groups in total. The van der Waals surface area contributed by atoms with E-state index in [9.17, 15) is 5.11 Å². The fourth-order valence-electron chi connectivity index (χ4n) is 1.61. The third-order valence-electron chi connectivity index (χ3n) is 2.33. The molecule has 4 unspecified atom stereocenters. The lowest BCUT2D eigenvalue weighted by molar-refractivity contribution is -0.136. The Labute approximate surface area is 65.5 Å². The highest BCUT2D eigenvalue weighted by atomic mass is 16.6. The second-order valence-electron chi connectivity index (χ2n) is 3.03. The number of aliphatic hydroxyl groups is 2. The van der Waals surface area contributed by atoms with Crippen LogP contribution in [-0.2, 0) is 9.47 Å². The molecule has 2 fully saturated rings. The molecule has 2 bridgehead atoms. The first-order valence-corrected chi connectivity index (χ1v) is 3.53. The summed E-state index contributed by atoms with van der Waals surface area (Å²) in [6, 6.07) is -0.606. The third kappa shape index (κ3) is 0.795. The summed E-state index contributed by atoms with van der Waals surface area (Å²) in [6.45, 7) is -0.0264. The third-order valence-corrected chi connectivity index (χ3v) is 2.33. The molecule has 0 aromatic rings. The fourth-order valence-corrected chi connectivity index (χ4v) is 1.61. The Morgan fingerprint density at radius 3 is 2.64 bits per heavy atom. The van der Waals surface area contributed by atoms with Gasteiger partial charge in [-0.05, 0) is 0 Å². The van der Waals surface area contributed by atoms with Gasteiger partial charge in [0.15, 0.2) is 0 Å². The molecule has 0 spiro atoms. The molecule has 4 atom stereocenters. The van der Waals surface area contributed by atoms with Crippen LogP contribution in [0, 0.1) is 0 Å². The van der Waals surface area contributed by atoms with Gasteiger partial charge in [0.05, 0.1) is 13.2 Å². The van der Waals surface area contributed by atoms with E-state index in [1.165, 1.54) is 0 Å². The van der Waals surface area contributed by atoms with E-state index in [1.807, 2.05) is 0 Å². The molecular formula is C6H9BO4. The van der Waals surface area contributed by atoms with Crippen molar-refractivity contribution in [2.75, 3.05) is 13.2 Å². The van der Waals surface area contributed by atoms with Gasteiger partial charge < -0.3 is 19.7 Å². The Morgan fingerprint density at radius 1 is 1.64 bits per heavy atom. The highest BCUT2D eigenvalue weighted by Crippen LogP contribution is 2.38. The summed E-state index contributed by atoms with van der Waals surface area (Å²) in [5.74, 6) is 0. The zero-order valence-electron chi connectivity index (χ0n) is 5.93. The summed E-state index contributed by atoms with van der Waals surface area (Å²) in [5.41, 5.74) is -0.954. The maximum Gasteiger partial charge on any atom is 0.142 e. The van der Waals surface area contributed by atoms with Crippen LogP contribution in [0.3, 0.4) is 0 Å². The number of rotatable bonds is 1. The van der Waals surface area contributed by atoms with Gasteiger partial charge in [-0.1, -0.05) is 0 Å². The van der Waals surface area contributed by atoms with Gasteiger partial charge in [0.2, 0.25) is 0 Å². The Morgan fingerprint density at radius 2 is 2.36 bits per heavy atom. The van der Waals surface area contributed by atoms with E-state index in [0.717, 1.165) is 0 Å². The van der Waals surface area contributed by atoms with Gasteiger partial charge in [0.25, 0.3) is 0 Å². The summed E-state index contributed by atoms with van der Waals surface area (Å²) in [5, 5.41) is 18.4. The van der Waals surface area contributed by atoms with Crippen molar-refractivity contribution in [3.63, 3.8) is 0 Å². The first-order valence-electron chi connectivity index (χ1n) is 3.53. The second kappa shape index (κ2) is 2.20. The van der Waals surface area contributed by atoms with Crippen molar-refractivity contribution in [2.24, 2.45) is 0 Å². The van der Waals surface area contributed by atoms with Crippen LogP contribution >= 0.6 is 0 Å². The number of aliphatic hydroxyl groups excluding tert-OH is 2. The molecule has 0 aromatic carbocycles. The Balaban J connectivity index is 2.24. The molecule has 2 rings (SSSR count). The molecule has 0 aromatic heterocycles. The molecule has 4 nitrogen and oxygen atoms in total. The molecule has 0 amide bonds. The van der Waals surface area contributed by atoms with E-state index in [1.54, 1.807) is 0 Å². The van der Waals surface area contributed by atoms with E-state index in [4.69, 9.17) is 22.4 Å². The van der Waals surface area contributed by atoms with Crippen LogP contribution in [0.4, 0.5) is 0 Å². The zero-order valence-corrected chi connectivity index (χ0v) is 5.93. The van der Waals surface area contributed by atoms with Crippen molar-refractivity contribution in [2.45, 2.75) is 23.8 Å². The average Bonchev–Trinajstić information content (AvgIpc) is 2.42. The van der Waals surface area contributed by atoms with Gasteiger partial charge in [-0.2, -0.15) is 0 Å². The quantitative estimate of drug-likeness (QED) is 0.431. The van der Waals surface area contributed by atoms with Gasteiger partial charge >= 0.3 is 0 Å². The van der Waals surface area contributed by atoms with E-state index in [0.29, 0.717) is 0 Å². The van der Waals surface area contributed by atoms with Crippen LogP contribution in [0.2, 0.25) is 0 Å². The molecular weight excluding hydrogens is 147 g/mol. The molecule has 2 saturated heterocycles. The van der Waals surface area contributed by atoms with E-state index < -0.39 is 23.8 Å². The molecule has 2 aliphatic heterocycles. The molecule has 2 aliphatic rings. The standard InChI is InChI=1S/C6H9BO4/c7-5-3-4(9)6(1-8,11-5)2-10-3/h3-5,8-9H,1-2H2. The Bertz CT molecular complexity index is 176. The largest absolute Gasteiger partial charge is 0.393 e. The van der Waals surface area contributed by atoms with Gasteiger partial charge in [0.1, 0.15) is 25.7 Å². The molecule has 5 heteroatoms. The van der Waals surface area contributed by atoms with Gasteiger partial charge in [0, 0.05) is 6.00 Å². The first-order chi connectivity index (χ1) is 5.19. The molecule has 2 radical (unpaired) electrons. The molecule has 0 saturated carbocycles. The predicted octanol–water partition coefficient (Wildman–Crippen LogP) is -2.00. The number of hydrogen-bond acceptors (Lipinski definition) is 4. The van der Waals surface area contributed by atoms with E-state index >= 15 is 0 Å². The predicted molar refractivity (Wildman–Crippen MR) is 36.2 cm³/mol. The molecule has 60 valence electrons. The minimum absolute atomic E-state index is 0.225. The highest BCUT2D eigenvalue weighted by molar-refractivity contribution is 6.11. The summed E-state index contributed by atoms with van der Waals surface area (Å²) >= 11 is 0. The lowest BCUT2D eigenvalue weighted by Gasteiger charge is -2.27. The number of fused-ring (bicyclic) bond motifs is 2. The lowest BCUT2D eigenvalue weighted by Crippen LogP contribution is -2.44. The van der Waals surface area contributed by atoms with Crippen LogP contribution < -0.4 is 0 Å². The normalized spacial score (nSPS) is 55.3. The van der Waals surface area contributed by atoms with Gasteiger partial charge in [-0.15, -0.1) is 0 Å². The monoisotopic (exact) mass is 156 g/mol. The van der Waals surface area contributed by atoms with Crippen molar-refractivity contribution in [1.82, 2.24) is 0 Å². The Kier molecular flexibility index (Phi) is 1.51. The van der Waals surface area contributed by atoms with Crippen LogP contribution in [-0.4, -0.2) is 55.1 Å². The minimum Gasteiger partial charge on any atom is -0.393 e. The van der Waals surface area contributed by atoms with Crippen molar-refractivity contribution < 1.29 is 19.7 Å². The van der Waals surface area contributed by atoms with Gasteiger partial charge in [-0.25, -0.2) is 0 Å². The SMILES string of the molecule is [B]C1OC2(CO)COC1C2O. The highest BCUT2D eigenvalue weighted by Gasteiger charge is 2.58. The second-order valence-corrected chi connectivity index (χ2v) is 3.03. The summed E-state index contributed by atoms with van der Waals surface area (Å²) in [4.78, 5) is 0. The zero-order chi connectivity index (χ0) is 8.06. The van der Waals surface area contributed by atoms with Crippen LogP contribution in [0.5, 0.6) is 0 Å². The smallest absolute Gasteiger partial charge is 0.142 e. The molecule has 0 aliphatic carbocycles. The average molecular weight is 156 g/mol. The van der Waals surface area contributed by atoms with Crippen molar-refractivity contribution in [3.05, 3.63) is 0 Å². The summed E-state index contributed by atoms with van der Waals surface area (Å²) in [7, 11) is 5.45. The number of hydrogen-bond donors (Lipinski definition) is 2.